The van der Waals surface area contributed by atoms with Gasteiger partial charge in [-0.3, -0.25) is 19.6 Å². The van der Waals surface area contributed by atoms with Gasteiger partial charge < -0.3 is 10.6 Å². The number of carbonyl (C=O) groups excluding carboxylic acids is 3. The quantitative estimate of drug-likeness (QED) is 0.238. The molecule has 0 spiro atoms. The molecule has 0 aliphatic heterocycles. The van der Waals surface area contributed by atoms with E-state index < -0.39 is 23.8 Å². The number of carbonyl (C=O) groups is 3. The minimum absolute atomic E-state index is 0.138. The van der Waals surface area contributed by atoms with Crippen molar-refractivity contribution >= 4 is 17.7 Å². The summed E-state index contributed by atoms with van der Waals surface area (Å²) in [4.78, 5) is 38.5. The molecule has 7 nitrogen and oxygen atoms in total. The summed E-state index contributed by atoms with van der Waals surface area (Å²) in [6.45, 7) is 4.21. The maximum Gasteiger partial charge on any atom is 0.247 e. The standard InChI is InChI=1S/C29H33N3O4/c1-20(2)16-25(18-26(33)32-36)28(34)31-27(29(35)30-19-21-10-5-3-6-11-21)24-15-9-14-23(17-24)22-12-7-4-8-13-22/h3-15,17,20,25,27,36H,16,18-19H2,1-2H3,(H,30,35)(H,31,34)(H,32,33)/t25-,27+/m1/s1. The van der Waals surface area contributed by atoms with Gasteiger partial charge in [-0.1, -0.05) is 92.7 Å². The summed E-state index contributed by atoms with van der Waals surface area (Å²) in [5.41, 5.74) is 5.07. The summed E-state index contributed by atoms with van der Waals surface area (Å²) < 4.78 is 0. The Morgan fingerprint density at radius 3 is 2.08 bits per heavy atom. The SMILES string of the molecule is CC(C)C[C@H](CC(=O)NO)C(=O)N[C@H](C(=O)NCc1ccccc1)c1cccc(-c2ccccc2)c1. The average Bonchev–Trinajstić information content (AvgIpc) is 2.90. The van der Waals surface area contributed by atoms with Crippen LogP contribution < -0.4 is 16.1 Å². The molecular weight excluding hydrogens is 454 g/mol. The van der Waals surface area contributed by atoms with Gasteiger partial charge in [-0.15, -0.1) is 0 Å². The van der Waals surface area contributed by atoms with Gasteiger partial charge in [0.15, 0.2) is 0 Å². The third kappa shape index (κ3) is 7.78. The zero-order valence-electron chi connectivity index (χ0n) is 20.6. The van der Waals surface area contributed by atoms with Gasteiger partial charge in [0.2, 0.25) is 17.7 Å². The molecule has 0 saturated carbocycles. The van der Waals surface area contributed by atoms with Crippen LogP contribution in [0.3, 0.4) is 0 Å². The molecule has 3 rings (SSSR count). The van der Waals surface area contributed by atoms with Crippen LogP contribution in [0, 0.1) is 11.8 Å². The molecule has 0 radical (unpaired) electrons. The Bertz CT molecular complexity index is 1150. The number of nitrogens with one attached hydrogen (secondary N) is 3. The third-order valence-electron chi connectivity index (χ3n) is 5.87. The van der Waals surface area contributed by atoms with E-state index >= 15 is 0 Å². The van der Waals surface area contributed by atoms with Crippen molar-refractivity contribution < 1.29 is 19.6 Å². The maximum atomic E-state index is 13.4. The molecule has 3 aromatic rings. The van der Waals surface area contributed by atoms with Crippen LogP contribution in [0.1, 0.15) is 43.9 Å². The molecule has 0 heterocycles. The predicted octanol–water partition coefficient (Wildman–Crippen LogP) is 4.39. The molecule has 0 aliphatic carbocycles. The molecule has 188 valence electrons. The average molecular weight is 488 g/mol. The molecule has 7 heteroatoms. The van der Waals surface area contributed by atoms with Crippen LogP contribution in [0.5, 0.6) is 0 Å². The fraction of sp³-hybridized carbons (Fsp3) is 0.276. The van der Waals surface area contributed by atoms with Gasteiger partial charge >= 0.3 is 0 Å². The molecule has 0 bridgehead atoms. The first-order valence-corrected chi connectivity index (χ1v) is 12.1. The van der Waals surface area contributed by atoms with Gasteiger partial charge in [-0.25, -0.2) is 5.48 Å². The normalized spacial score (nSPS) is 12.4. The van der Waals surface area contributed by atoms with E-state index in [0.29, 0.717) is 18.5 Å². The van der Waals surface area contributed by atoms with Gasteiger partial charge in [-0.05, 0) is 40.7 Å². The van der Waals surface area contributed by atoms with Crippen molar-refractivity contribution in [3.63, 3.8) is 0 Å². The van der Waals surface area contributed by atoms with E-state index in [4.69, 9.17) is 5.21 Å². The number of amides is 3. The number of hydrogen-bond donors (Lipinski definition) is 4. The summed E-state index contributed by atoms with van der Waals surface area (Å²) in [6.07, 6.45) is 0.255. The summed E-state index contributed by atoms with van der Waals surface area (Å²) in [5.74, 6) is -1.98. The van der Waals surface area contributed by atoms with Gasteiger partial charge in [-0.2, -0.15) is 0 Å². The lowest BCUT2D eigenvalue weighted by Gasteiger charge is -2.24. The topological polar surface area (TPSA) is 108 Å². The lowest BCUT2D eigenvalue weighted by Crippen LogP contribution is -2.43. The van der Waals surface area contributed by atoms with Crippen LogP contribution in [0.25, 0.3) is 11.1 Å². The second kappa shape index (κ2) is 13.2. The Balaban J connectivity index is 1.88. The molecule has 2 atom stereocenters. The first-order valence-electron chi connectivity index (χ1n) is 12.1. The number of rotatable bonds is 11. The Kier molecular flexibility index (Phi) is 9.77. The van der Waals surface area contributed by atoms with Crippen LogP contribution in [-0.4, -0.2) is 22.9 Å². The monoisotopic (exact) mass is 487 g/mol. The molecule has 0 saturated heterocycles. The summed E-state index contributed by atoms with van der Waals surface area (Å²) >= 11 is 0. The summed E-state index contributed by atoms with van der Waals surface area (Å²) in [5, 5.41) is 14.8. The highest BCUT2D eigenvalue weighted by molar-refractivity contribution is 5.91. The maximum absolute atomic E-state index is 13.4. The molecule has 0 fully saturated rings. The first-order chi connectivity index (χ1) is 17.4. The van der Waals surface area contributed by atoms with Crippen LogP contribution in [0.4, 0.5) is 0 Å². The molecule has 3 amide bonds. The summed E-state index contributed by atoms with van der Waals surface area (Å²) in [6, 6.07) is 25.8. The van der Waals surface area contributed by atoms with Crippen molar-refractivity contribution in [1.82, 2.24) is 16.1 Å². The number of hydrogen-bond acceptors (Lipinski definition) is 4. The van der Waals surface area contributed by atoms with E-state index in [1.165, 1.54) is 0 Å². The molecule has 0 aromatic heterocycles. The molecule has 36 heavy (non-hydrogen) atoms. The Morgan fingerprint density at radius 2 is 1.44 bits per heavy atom. The van der Waals surface area contributed by atoms with Crippen molar-refractivity contribution in [3.05, 3.63) is 96.1 Å². The van der Waals surface area contributed by atoms with Crippen molar-refractivity contribution in [2.45, 2.75) is 39.3 Å². The Labute approximate surface area is 211 Å². The van der Waals surface area contributed by atoms with Crippen LogP contribution >= 0.6 is 0 Å². The smallest absolute Gasteiger partial charge is 0.247 e. The largest absolute Gasteiger partial charge is 0.350 e. The number of benzene rings is 3. The second-order valence-electron chi connectivity index (χ2n) is 9.20. The van der Waals surface area contributed by atoms with Crippen molar-refractivity contribution in [3.8, 4) is 11.1 Å². The fourth-order valence-corrected chi connectivity index (χ4v) is 4.10. The van der Waals surface area contributed by atoms with E-state index in [0.717, 1.165) is 16.7 Å². The van der Waals surface area contributed by atoms with Crippen LogP contribution in [-0.2, 0) is 20.9 Å². The molecular formula is C29H33N3O4. The highest BCUT2D eigenvalue weighted by Crippen LogP contribution is 2.25. The van der Waals surface area contributed by atoms with Crippen molar-refractivity contribution in [2.75, 3.05) is 0 Å². The third-order valence-corrected chi connectivity index (χ3v) is 5.87. The van der Waals surface area contributed by atoms with E-state index in [2.05, 4.69) is 10.6 Å². The van der Waals surface area contributed by atoms with E-state index in [1.54, 1.807) is 11.5 Å². The minimum Gasteiger partial charge on any atom is -0.350 e. The predicted molar refractivity (Wildman–Crippen MR) is 139 cm³/mol. The van der Waals surface area contributed by atoms with Gasteiger partial charge in [0.25, 0.3) is 0 Å². The zero-order chi connectivity index (χ0) is 25.9. The van der Waals surface area contributed by atoms with Gasteiger partial charge in [0, 0.05) is 18.9 Å². The highest BCUT2D eigenvalue weighted by Gasteiger charge is 2.29. The molecule has 0 aliphatic rings. The van der Waals surface area contributed by atoms with Crippen molar-refractivity contribution in [1.29, 1.82) is 0 Å². The Hall–Kier alpha value is -3.97. The zero-order valence-corrected chi connectivity index (χ0v) is 20.6. The molecule has 3 aromatic carbocycles. The molecule has 4 N–H and O–H groups in total. The Morgan fingerprint density at radius 1 is 0.806 bits per heavy atom. The van der Waals surface area contributed by atoms with Crippen molar-refractivity contribution in [2.24, 2.45) is 11.8 Å². The fourth-order valence-electron chi connectivity index (χ4n) is 4.10. The van der Waals surface area contributed by atoms with Gasteiger partial charge in [0.1, 0.15) is 6.04 Å². The number of hydroxylamine groups is 1. The van der Waals surface area contributed by atoms with Gasteiger partial charge in [0.05, 0.1) is 0 Å². The van der Waals surface area contributed by atoms with Crippen LogP contribution in [0.2, 0.25) is 0 Å². The molecule has 0 unspecified atom stereocenters. The first kappa shape index (κ1) is 26.6. The van der Waals surface area contributed by atoms with Crippen LogP contribution in [0.15, 0.2) is 84.9 Å². The lowest BCUT2D eigenvalue weighted by molar-refractivity contribution is -0.136. The lowest BCUT2D eigenvalue weighted by atomic mass is 9.92. The minimum atomic E-state index is -0.961. The summed E-state index contributed by atoms with van der Waals surface area (Å²) in [7, 11) is 0. The van der Waals surface area contributed by atoms with E-state index in [1.807, 2.05) is 92.7 Å². The van der Waals surface area contributed by atoms with E-state index in [9.17, 15) is 14.4 Å². The van der Waals surface area contributed by atoms with E-state index in [-0.39, 0.29) is 18.2 Å². The second-order valence-corrected chi connectivity index (χ2v) is 9.20. The highest BCUT2D eigenvalue weighted by atomic mass is 16.5.